The Hall–Kier alpha value is -2.40. The number of para-hydroxylation sites is 2. The smallest absolute Gasteiger partial charge is 0.227 e. The average molecular weight is 303 g/mol. The van der Waals surface area contributed by atoms with Gasteiger partial charge in [-0.25, -0.2) is 4.98 Å². The first-order chi connectivity index (χ1) is 9.81. The van der Waals surface area contributed by atoms with Crippen LogP contribution in [0.5, 0.6) is 0 Å². The number of hydrogen-bond donors (Lipinski definition) is 2. The molecule has 3 aromatic rings. The van der Waals surface area contributed by atoms with Gasteiger partial charge in [0.05, 0.1) is 29.7 Å². The molecule has 0 aliphatic rings. The molecule has 0 aliphatic heterocycles. The summed E-state index contributed by atoms with van der Waals surface area (Å²) in [6.45, 7) is 0.430. The van der Waals surface area contributed by atoms with E-state index in [2.05, 4.69) is 20.3 Å². The molecule has 5 nitrogen and oxygen atoms in total. The van der Waals surface area contributed by atoms with Gasteiger partial charge in [0.1, 0.15) is 5.82 Å². The Balaban J connectivity index is 0.00000161. The lowest BCUT2D eigenvalue weighted by molar-refractivity contribution is -0.120. The first-order valence-corrected chi connectivity index (χ1v) is 6.41. The Morgan fingerprint density at radius 2 is 1.95 bits per heavy atom. The van der Waals surface area contributed by atoms with Gasteiger partial charge >= 0.3 is 0 Å². The predicted molar refractivity (Wildman–Crippen MR) is 83.1 cm³/mol. The van der Waals surface area contributed by atoms with Crippen LogP contribution in [0.3, 0.4) is 0 Å². The van der Waals surface area contributed by atoms with Crippen LogP contribution in [0.15, 0.2) is 48.7 Å². The molecule has 0 unspecified atom stereocenters. The summed E-state index contributed by atoms with van der Waals surface area (Å²) in [6, 6.07) is 13.3. The van der Waals surface area contributed by atoms with Crippen LogP contribution in [0.2, 0.25) is 0 Å². The van der Waals surface area contributed by atoms with Gasteiger partial charge < -0.3 is 10.3 Å². The number of amides is 1. The summed E-state index contributed by atoms with van der Waals surface area (Å²) in [5.41, 5.74) is 2.66. The number of nitrogens with one attached hydrogen (secondary N) is 2. The second kappa shape index (κ2) is 6.85. The highest BCUT2D eigenvalue weighted by atomic mass is 35.5. The molecule has 21 heavy (non-hydrogen) atoms. The molecule has 2 heterocycles. The molecular weight excluding hydrogens is 288 g/mol. The fourth-order valence-electron chi connectivity index (χ4n) is 2.00. The van der Waals surface area contributed by atoms with Gasteiger partial charge in [0.2, 0.25) is 5.91 Å². The molecule has 0 saturated carbocycles. The number of carbonyl (C=O) groups excluding carboxylic acids is 1. The Labute approximate surface area is 128 Å². The summed E-state index contributed by atoms with van der Waals surface area (Å²) in [7, 11) is 0. The molecule has 108 valence electrons. The van der Waals surface area contributed by atoms with Crippen molar-refractivity contribution in [2.45, 2.75) is 13.0 Å². The third-order valence-corrected chi connectivity index (χ3v) is 2.96. The number of nitrogens with zero attached hydrogens (tertiary/aromatic N) is 2. The highest BCUT2D eigenvalue weighted by molar-refractivity contribution is 5.85. The fourth-order valence-corrected chi connectivity index (χ4v) is 2.00. The van der Waals surface area contributed by atoms with Crippen LogP contribution in [-0.4, -0.2) is 20.9 Å². The number of pyridine rings is 1. The van der Waals surface area contributed by atoms with Gasteiger partial charge in [-0.15, -0.1) is 12.4 Å². The zero-order chi connectivity index (χ0) is 13.8. The summed E-state index contributed by atoms with van der Waals surface area (Å²) in [4.78, 5) is 23.5. The highest BCUT2D eigenvalue weighted by Gasteiger charge is 2.07. The van der Waals surface area contributed by atoms with E-state index >= 15 is 0 Å². The van der Waals surface area contributed by atoms with Crippen LogP contribution >= 0.6 is 12.4 Å². The van der Waals surface area contributed by atoms with Crippen LogP contribution in [0.1, 0.15) is 11.5 Å². The van der Waals surface area contributed by atoms with Gasteiger partial charge in [-0.1, -0.05) is 18.2 Å². The van der Waals surface area contributed by atoms with E-state index in [0.717, 1.165) is 16.7 Å². The number of benzene rings is 1. The van der Waals surface area contributed by atoms with Crippen LogP contribution < -0.4 is 5.32 Å². The van der Waals surface area contributed by atoms with Crippen molar-refractivity contribution in [1.82, 2.24) is 20.3 Å². The number of halogens is 1. The molecule has 1 aromatic carbocycles. The summed E-state index contributed by atoms with van der Waals surface area (Å²) < 4.78 is 0. The Morgan fingerprint density at radius 3 is 2.71 bits per heavy atom. The molecular formula is C15H15ClN4O. The minimum Gasteiger partial charge on any atom is -0.350 e. The number of aromatic amines is 1. The van der Waals surface area contributed by atoms with Crippen molar-refractivity contribution in [2.75, 3.05) is 0 Å². The lowest BCUT2D eigenvalue weighted by Crippen LogP contribution is -2.25. The molecule has 2 aromatic heterocycles. The number of aromatic nitrogens is 3. The number of H-pyrrole nitrogens is 1. The maximum absolute atomic E-state index is 11.9. The molecule has 0 fully saturated rings. The van der Waals surface area contributed by atoms with Gasteiger partial charge in [0.25, 0.3) is 0 Å². The standard InChI is InChI=1S/C15H14N4O.ClH/c20-15(17-10-11-5-3-4-8-16-11)9-14-18-12-6-1-2-7-13(12)19-14;/h1-8H,9-10H2,(H,17,20)(H,18,19);1H. The molecule has 2 N–H and O–H groups in total. The molecule has 0 bridgehead atoms. The van der Waals surface area contributed by atoms with E-state index in [1.807, 2.05) is 42.5 Å². The summed E-state index contributed by atoms with van der Waals surface area (Å²) >= 11 is 0. The lowest BCUT2D eigenvalue weighted by atomic mass is 10.3. The second-order valence-electron chi connectivity index (χ2n) is 4.48. The molecule has 0 spiro atoms. The number of fused-ring (bicyclic) bond motifs is 1. The maximum Gasteiger partial charge on any atom is 0.227 e. The van der Waals surface area contributed by atoms with Gasteiger partial charge in [-0.05, 0) is 24.3 Å². The zero-order valence-corrected chi connectivity index (χ0v) is 12.1. The van der Waals surface area contributed by atoms with Gasteiger partial charge in [-0.3, -0.25) is 9.78 Å². The fraction of sp³-hybridized carbons (Fsp3) is 0.133. The monoisotopic (exact) mass is 302 g/mol. The van der Waals surface area contributed by atoms with E-state index < -0.39 is 0 Å². The molecule has 0 atom stereocenters. The number of rotatable bonds is 4. The first kappa shape index (κ1) is 15.0. The molecule has 6 heteroatoms. The SMILES string of the molecule is Cl.O=C(Cc1nc2ccccc2[nH]1)NCc1ccccn1. The van der Waals surface area contributed by atoms with Crippen molar-refractivity contribution >= 4 is 29.3 Å². The van der Waals surface area contributed by atoms with E-state index in [4.69, 9.17) is 0 Å². The van der Waals surface area contributed by atoms with Crippen LogP contribution in [0.25, 0.3) is 11.0 Å². The number of imidazole rings is 1. The third-order valence-electron chi connectivity index (χ3n) is 2.96. The van der Waals surface area contributed by atoms with Crippen molar-refractivity contribution < 1.29 is 4.79 Å². The van der Waals surface area contributed by atoms with E-state index in [1.54, 1.807) is 6.20 Å². The van der Waals surface area contributed by atoms with Crippen molar-refractivity contribution in [3.05, 3.63) is 60.2 Å². The third kappa shape index (κ3) is 3.79. The normalized spacial score (nSPS) is 10.1. The topological polar surface area (TPSA) is 70.7 Å². The van der Waals surface area contributed by atoms with E-state index in [9.17, 15) is 4.79 Å². The average Bonchev–Trinajstić information content (AvgIpc) is 2.88. The molecule has 0 aliphatic carbocycles. The van der Waals surface area contributed by atoms with Crippen LogP contribution in [0.4, 0.5) is 0 Å². The van der Waals surface area contributed by atoms with E-state index in [0.29, 0.717) is 12.4 Å². The van der Waals surface area contributed by atoms with Crippen molar-refractivity contribution in [2.24, 2.45) is 0 Å². The van der Waals surface area contributed by atoms with Crippen LogP contribution in [-0.2, 0) is 17.8 Å². The quantitative estimate of drug-likeness (QED) is 0.776. The van der Waals surface area contributed by atoms with Gasteiger partial charge in [-0.2, -0.15) is 0 Å². The lowest BCUT2D eigenvalue weighted by Gasteiger charge is -2.02. The van der Waals surface area contributed by atoms with Crippen molar-refractivity contribution in [1.29, 1.82) is 0 Å². The Bertz CT molecular complexity index is 694. The van der Waals surface area contributed by atoms with E-state index in [-0.39, 0.29) is 24.7 Å². The number of hydrogen-bond acceptors (Lipinski definition) is 3. The van der Waals surface area contributed by atoms with Gasteiger partial charge in [0, 0.05) is 6.20 Å². The zero-order valence-electron chi connectivity index (χ0n) is 11.2. The molecule has 0 saturated heterocycles. The predicted octanol–water partition coefficient (Wildman–Crippen LogP) is 2.24. The second-order valence-corrected chi connectivity index (χ2v) is 4.48. The van der Waals surface area contributed by atoms with Crippen molar-refractivity contribution in [3.63, 3.8) is 0 Å². The Morgan fingerprint density at radius 1 is 1.14 bits per heavy atom. The van der Waals surface area contributed by atoms with Crippen molar-refractivity contribution in [3.8, 4) is 0 Å². The Kier molecular flexibility index (Phi) is 4.90. The molecule has 0 radical (unpaired) electrons. The molecule has 3 rings (SSSR count). The minimum absolute atomic E-state index is 0. The minimum atomic E-state index is -0.0743. The largest absolute Gasteiger partial charge is 0.350 e. The summed E-state index contributed by atoms with van der Waals surface area (Å²) in [6.07, 6.45) is 1.95. The van der Waals surface area contributed by atoms with Crippen LogP contribution in [0, 0.1) is 0 Å². The first-order valence-electron chi connectivity index (χ1n) is 6.41. The molecule has 1 amide bonds. The summed E-state index contributed by atoms with van der Waals surface area (Å²) in [5, 5.41) is 2.83. The maximum atomic E-state index is 11.9. The summed E-state index contributed by atoms with van der Waals surface area (Å²) in [5.74, 6) is 0.597. The number of carbonyl (C=O) groups is 1. The van der Waals surface area contributed by atoms with E-state index in [1.165, 1.54) is 0 Å². The van der Waals surface area contributed by atoms with Gasteiger partial charge in [0.15, 0.2) is 0 Å². The highest BCUT2D eigenvalue weighted by Crippen LogP contribution is 2.10.